The number of aryl methyl sites for hydroxylation is 2. The quantitative estimate of drug-likeness (QED) is 0.634. The van der Waals surface area contributed by atoms with Gasteiger partial charge in [-0.25, -0.2) is 4.98 Å². The topological polar surface area (TPSA) is 56.1 Å². The van der Waals surface area contributed by atoms with Crippen molar-refractivity contribution in [3.05, 3.63) is 77.9 Å². The average Bonchev–Trinajstić information content (AvgIpc) is 3.11. The zero-order chi connectivity index (χ0) is 19.2. The van der Waals surface area contributed by atoms with E-state index in [1.165, 1.54) is 17.3 Å². The molecule has 0 bridgehead atoms. The fourth-order valence-electron chi connectivity index (χ4n) is 2.84. The van der Waals surface area contributed by atoms with Gasteiger partial charge in [0.15, 0.2) is 0 Å². The summed E-state index contributed by atoms with van der Waals surface area (Å²) >= 11 is 1.54. The number of nitrogens with one attached hydrogen (secondary N) is 1. The van der Waals surface area contributed by atoms with E-state index in [0.717, 1.165) is 22.0 Å². The maximum absolute atomic E-state index is 12.7. The molecule has 3 rings (SSSR count). The number of hydrogen-bond acceptors (Lipinski definition) is 4. The van der Waals surface area contributed by atoms with Gasteiger partial charge in [-0.15, -0.1) is 11.8 Å². The number of nitrogens with zero attached hydrogens (tertiary/aromatic N) is 2. The van der Waals surface area contributed by atoms with Crippen molar-refractivity contribution in [1.82, 2.24) is 14.9 Å². The standard InChI is InChI=1S/C21H23N3O2S/c1-15-7-4-5-10-18(15)27-14-19(25)23-20(21-22-11-12-24(21)2)16-8-6-9-17(13-16)26-3/h4-13,20H,14H2,1-3H3,(H,23,25). The van der Waals surface area contributed by atoms with Gasteiger partial charge in [0.1, 0.15) is 17.6 Å². The summed E-state index contributed by atoms with van der Waals surface area (Å²) in [5, 5.41) is 3.12. The van der Waals surface area contributed by atoms with Gasteiger partial charge < -0.3 is 14.6 Å². The number of methoxy groups -OCH3 is 1. The maximum Gasteiger partial charge on any atom is 0.231 e. The first kappa shape index (κ1) is 19.0. The van der Waals surface area contributed by atoms with Gasteiger partial charge in [0.05, 0.1) is 12.9 Å². The first-order valence-electron chi connectivity index (χ1n) is 8.67. The second kappa shape index (κ2) is 8.77. The second-order valence-corrected chi connectivity index (χ2v) is 7.24. The van der Waals surface area contributed by atoms with Gasteiger partial charge in [0.2, 0.25) is 5.91 Å². The molecule has 6 heteroatoms. The Balaban J connectivity index is 1.78. The van der Waals surface area contributed by atoms with Gasteiger partial charge in [0, 0.05) is 24.3 Å². The Hall–Kier alpha value is -2.73. The summed E-state index contributed by atoms with van der Waals surface area (Å²) in [4.78, 5) is 18.2. The summed E-state index contributed by atoms with van der Waals surface area (Å²) in [6.07, 6.45) is 3.60. The van der Waals surface area contributed by atoms with E-state index >= 15 is 0 Å². The SMILES string of the molecule is COc1cccc(C(NC(=O)CSc2ccccc2C)c2nccn2C)c1. The molecule has 0 aliphatic carbocycles. The molecule has 0 saturated heterocycles. The molecule has 5 nitrogen and oxygen atoms in total. The predicted molar refractivity (Wildman–Crippen MR) is 108 cm³/mol. The number of carbonyl (C=O) groups is 1. The fraction of sp³-hybridized carbons (Fsp3) is 0.238. The van der Waals surface area contributed by atoms with Crippen LogP contribution in [0.1, 0.15) is 23.0 Å². The second-order valence-electron chi connectivity index (χ2n) is 6.23. The lowest BCUT2D eigenvalue weighted by Gasteiger charge is -2.20. The molecule has 3 aromatic rings. The molecule has 1 aromatic heterocycles. The molecule has 0 fully saturated rings. The third-order valence-corrected chi connectivity index (χ3v) is 5.48. The van der Waals surface area contributed by atoms with Crippen LogP contribution in [0.2, 0.25) is 0 Å². The molecule has 0 aliphatic rings. The largest absolute Gasteiger partial charge is 0.497 e. The first-order valence-corrected chi connectivity index (χ1v) is 9.66. The van der Waals surface area contributed by atoms with E-state index in [0.29, 0.717) is 5.75 Å². The van der Waals surface area contributed by atoms with Crippen LogP contribution in [0.5, 0.6) is 5.75 Å². The van der Waals surface area contributed by atoms with E-state index in [-0.39, 0.29) is 11.9 Å². The molecule has 1 heterocycles. The van der Waals surface area contributed by atoms with Crippen LogP contribution in [0.4, 0.5) is 0 Å². The van der Waals surface area contributed by atoms with Crippen LogP contribution in [0.3, 0.4) is 0 Å². The number of carbonyl (C=O) groups excluding carboxylic acids is 1. The molecular formula is C21H23N3O2S. The molecule has 1 N–H and O–H groups in total. The Morgan fingerprint density at radius 3 is 2.78 bits per heavy atom. The summed E-state index contributed by atoms with van der Waals surface area (Å²) in [5.41, 5.74) is 2.10. The van der Waals surface area contributed by atoms with E-state index in [2.05, 4.69) is 10.3 Å². The Bertz CT molecular complexity index is 923. The summed E-state index contributed by atoms with van der Waals surface area (Å²) in [6.45, 7) is 2.05. The number of imidazole rings is 1. The third-order valence-electron chi connectivity index (χ3n) is 4.30. The Morgan fingerprint density at radius 2 is 2.07 bits per heavy atom. The molecule has 27 heavy (non-hydrogen) atoms. The molecule has 1 atom stereocenters. The maximum atomic E-state index is 12.7. The predicted octanol–water partition coefficient (Wildman–Crippen LogP) is 3.74. The number of thioether (sulfide) groups is 1. The fourth-order valence-corrected chi connectivity index (χ4v) is 3.68. The van der Waals surface area contributed by atoms with Gasteiger partial charge in [0.25, 0.3) is 0 Å². The van der Waals surface area contributed by atoms with Crippen molar-refractivity contribution in [3.63, 3.8) is 0 Å². The van der Waals surface area contributed by atoms with Crippen LogP contribution in [-0.2, 0) is 11.8 Å². The molecule has 0 spiro atoms. The molecular weight excluding hydrogens is 358 g/mol. The van der Waals surface area contributed by atoms with Crippen molar-refractivity contribution in [2.75, 3.05) is 12.9 Å². The third kappa shape index (κ3) is 4.71. The first-order chi connectivity index (χ1) is 13.1. The lowest BCUT2D eigenvalue weighted by atomic mass is 10.1. The molecule has 0 aliphatic heterocycles. The number of amides is 1. The number of hydrogen-bond donors (Lipinski definition) is 1. The normalized spacial score (nSPS) is 11.8. The summed E-state index contributed by atoms with van der Waals surface area (Å²) in [6, 6.07) is 15.4. The Morgan fingerprint density at radius 1 is 1.26 bits per heavy atom. The molecule has 1 unspecified atom stereocenters. The highest BCUT2D eigenvalue weighted by atomic mass is 32.2. The highest BCUT2D eigenvalue weighted by molar-refractivity contribution is 8.00. The van der Waals surface area contributed by atoms with Crippen molar-refractivity contribution in [3.8, 4) is 5.75 Å². The molecule has 0 radical (unpaired) electrons. The average molecular weight is 382 g/mol. The van der Waals surface area contributed by atoms with Crippen LogP contribution < -0.4 is 10.1 Å². The van der Waals surface area contributed by atoms with Crippen LogP contribution in [0.25, 0.3) is 0 Å². The minimum atomic E-state index is -0.343. The van der Waals surface area contributed by atoms with Crippen molar-refractivity contribution in [1.29, 1.82) is 0 Å². The molecule has 2 aromatic carbocycles. The summed E-state index contributed by atoms with van der Waals surface area (Å²) < 4.78 is 7.25. The smallest absolute Gasteiger partial charge is 0.231 e. The van der Waals surface area contributed by atoms with E-state index in [9.17, 15) is 4.79 Å². The van der Waals surface area contributed by atoms with Crippen LogP contribution >= 0.6 is 11.8 Å². The summed E-state index contributed by atoms with van der Waals surface area (Å²) in [5.74, 6) is 1.82. The zero-order valence-corrected chi connectivity index (χ0v) is 16.5. The zero-order valence-electron chi connectivity index (χ0n) is 15.7. The van der Waals surface area contributed by atoms with Crippen LogP contribution in [0, 0.1) is 6.92 Å². The van der Waals surface area contributed by atoms with E-state index in [4.69, 9.17) is 4.74 Å². The van der Waals surface area contributed by atoms with Crippen LogP contribution in [-0.4, -0.2) is 28.3 Å². The van der Waals surface area contributed by atoms with Gasteiger partial charge in [-0.1, -0.05) is 30.3 Å². The van der Waals surface area contributed by atoms with E-state index in [1.54, 1.807) is 13.3 Å². The Kier molecular flexibility index (Phi) is 6.19. The van der Waals surface area contributed by atoms with Gasteiger partial charge in [-0.05, 0) is 36.2 Å². The van der Waals surface area contributed by atoms with Crippen LogP contribution in [0.15, 0.2) is 65.8 Å². The molecule has 0 saturated carbocycles. The molecule has 1 amide bonds. The van der Waals surface area contributed by atoms with Crippen molar-refractivity contribution < 1.29 is 9.53 Å². The van der Waals surface area contributed by atoms with Crippen molar-refractivity contribution >= 4 is 17.7 Å². The van der Waals surface area contributed by atoms with Gasteiger partial charge in [-0.2, -0.15) is 0 Å². The number of rotatable bonds is 7. The summed E-state index contributed by atoms with van der Waals surface area (Å²) in [7, 11) is 3.55. The number of benzene rings is 2. The Labute approximate surface area is 163 Å². The van der Waals surface area contributed by atoms with Gasteiger partial charge in [-0.3, -0.25) is 4.79 Å². The monoisotopic (exact) mass is 381 g/mol. The minimum absolute atomic E-state index is 0.0425. The lowest BCUT2D eigenvalue weighted by Crippen LogP contribution is -2.32. The van der Waals surface area contributed by atoms with Crippen molar-refractivity contribution in [2.24, 2.45) is 7.05 Å². The van der Waals surface area contributed by atoms with E-state index in [1.807, 2.05) is 73.3 Å². The molecule has 140 valence electrons. The van der Waals surface area contributed by atoms with E-state index < -0.39 is 0 Å². The highest BCUT2D eigenvalue weighted by Crippen LogP contribution is 2.25. The highest BCUT2D eigenvalue weighted by Gasteiger charge is 2.21. The minimum Gasteiger partial charge on any atom is -0.497 e. The van der Waals surface area contributed by atoms with Gasteiger partial charge >= 0.3 is 0 Å². The number of aromatic nitrogens is 2. The van der Waals surface area contributed by atoms with Crippen molar-refractivity contribution in [2.45, 2.75) is 17.9 Å². The lowest BCUT2D eigenvalue weighted by molar-refractivity contribution is -0.119. The number of ether oxygens (including phenoxy) is 1.